The molecule has 2 aromatic rings. The van der Waals surface area contributed by atoms with Crippen LogP contribution in [0, 0.1) is 11.6 Å². The molecule has 0 spiro atoms. The van der Waals surface area contributed by atoms with E-state index >= 15 is 0 Å². The monoisotopic (exact) mass is 436 g/mol. The molecule has 0 amide bonds. The minimum absolute atomic E-state index is 0.0550. The van der Waals surface area contributed by atoms with Crippen LogP contribution in [0.4, 0.5) is 8.78 Å². The molecule has 0 saturated heterocycles. The summed E-state index contributed by atoms with van der Waals surface area (Å²) in [4.78, 5) is 28.4. The molecule has 0 aromatic heterocycles. The predicted molar refractivity (Wildman–Crippen MR) is 104 cm³/mol. The second-order valence-electron chi connectivity index (χ2n) is 6.56. The van der Waals surface area contributed by atoms with Gasteiger partial charge in [0.2, 0.25) is 5.78 Å². The van der Waals surface area contributed by atoms with Gasteiger partial charge in [0.1, 0.15) is 5.84 Å². The van der Waals surface area contributed by atoms with Crippen LogP contribution in [-0.2, 0) is 19.6 Å². The molecule has 0 radical (unpaired) electrons. The highest BCUT2D eigenvalue weighted by molar-refractivity contribution is 7.90. The van der Waals surface area contributed by atoms with Crippen molar-refractivity contribution in [2.24, 2.45) is 4.99 Å². The molecule has 0 saturated carbocycles. The average Bonchev–Trinajstić information content (AvgIpc) is 2.97. The lowest BCUT2D eigenvalue weighted by molar-refractivity contribution is -0.146. The molecule has 30 heavy (non-hydrogen) atoms. The Morgan fingerprint density at radius 1 is 1.13 bits per heavy atom. The highest BCUT2D eigenvalue weighted by Gasteiger charge is 2.30. The van der Waals surface area contributed by atoms with Crippen molar-refractivity contribution in [2.75, 3.05) is 6.54 Å². The minimum Gasteiger partial charge on any atom is -0.454 e. The molecule has 1 aliphatic rings. The topological polar surface area (TPSA) is 102 Å². The standard InChI is InChI=1S/C20H18F2N2O5S/c1-12(19(26)13-8-9-15(21)16(22)11-13)29-18(25)7-4-10-23-20-14-5-2-3-6-17(14)30(27,28)24-20/h2-3,5-6,8-9,11-12H,4,7,10H2,1H3,(H,23,24). The van der Waals surface area contributed by atoms with Crippen LogP contribution in [0.5, 0.6) is 0 Å². The van der Waals surface area contributed by atoms with Crippen molar-refractivity contribution >= 4 is 27.6 Å². The van der Waals surface area contributed by atoms with Gasteiger partial charge in [-0.3, -0.25) is 19.3 Å². The lowest BCUT2D eigenvalue weighted by Crippen LogP contribution is -2.24. The summed E-state index contributed by atoms with van der Waals surface area (Å²) >= 11 is 0. The van der Waals surface area contributed by atoms with Crippen LogP contribution in [0.3, 0.4) is 0 Å². The maximum atomic E-state index is 13.2. The number of halogens is 2. The Kier molecular flexibility index (Phi) is 6.25. The molecule has 0 bridgehead atoms. The molecule has 3 rings (SSSR count). The molecule has 7 nitrogen and oxygen atoms in total. The maximum Gasteiger partial charge on any atom is 0.306 e. The third-order valence-corrected chi connectivity index (χ3v) is 5.75. The normalized spacial score (nSPS) is 16.6. The molecule has 1 N–H and O–H groups in total. The van der Waals surface area contributed by atoms with Gasteiger partial charge in [0.15, 0.2) is 17.7 Å². The maximum absolute atomic E-state index is 13.2. The third kappa shape index (κ3) is 4.70. The molecule has 158 valence electrons. The Morgan fingerprint density at radius 2 is 1.87 bits per heavy atom. The smallest absolute Gasteiger partial charge is 0.306 e. The van der Waals surface area contributed by atoms with Gasteiger partial charge in [0, 0.05) is 24.1 Å². The van der Waals surface area contributed by atoms with E-state index in [1.54, 1.807) is 18.2 Å². The SMILES string of the molecule is CC(OC(=O)CCCN=C1NS(=O)(=O)c2ccccc21)C(=O)c1ccc(F)c(F)c1. The number of hydrogen-bond donors (Lipinski definition) is 1. The summed E-state index contributed by atoms with van der Waals surface area (Å²) in [5.41, 5.74) is 0.360. The summed E-state index contributed by atoms with van der Waals surface area (Å²) in [5.74, 6) is -3.35. The quantitative estimate of drug-likeness (QED) is 0.408. The van der Waals surface area contributed by atoms with Gasteiger partial charge in [0.25, 0.3) is 10.0 Å². The number of ketones is 1. The zero-order valence-corrected chi connectivity index (χ0v) is 16.7. The van der Waals surface area contributed by atoms with Crippen molar-refractivity contribution in [2.45, 2.75) is 30.8 Å². The molecule has 2 aromatic carbocycles. The number of esters is 1. The van der Waals surface area contributed by atoms with Gasteiger partial charge in [-0.15, -0.1) is 0 Å². The molecule has 1 heterocycles. The Hall–Kier alpha value is -3.14. The fourth-order valence-electron chi connectivity index (χ4n) is 2.86. The Labute approximate surface area is 171 Å². The second-order valence-corrected chi connectivity index (χ2v) is 8.21. The predicted octanol–water partition coefficient (Wildman–Crippen LogP) is 2.60. The molecular weight excluding hydrogens is 418 g/mol. The van der Waals surface area contributed by atoms with Gasteiger partial charge in [-0.25, -0.2) is 17.2 Å². The number of rotatable bonds is 7. The Bertz CT molecular complexity index is 1130. The number of hydrogen-bond acceptors (Lipinski definition) is 6. The summed E-state index contributed by atoms with van der Waals surface area (Å²) in [6.07, 6.45) is -0.957. The molecule has 1 aliphatic heterocycles. The van der Waals surface area contributed by atoms with E-state index in [1.165, 1.54) is 13.0 Å². The highest BCUT2D eigenvalue weighted by atomic mass is 32.2. The number of carbonyl (C=O) groups excluding carboxylic acids is 2. The van der Waals surface area contributed by atoms with Crippen LogP contribution in [0.2, 0.25) is 0 Å². The number of sulfonamides is 1. The summed E-state index contributed by atoms with van der Waals surface area (Å²) < 4.78 is 57.6. The van der Waals surface area contributed by atoms with E-state index < -0.39 is 39.5 Å². The van der Waals surface area contributed by atoms with Crippen LogP contribution in [-0.4, -0.2) is 38.7 Å². The van der Waals surface area contributed by atoms with Crippen molar-refractivity contribution in [1.29, 1.82) is 0 Å². The first-order valence-electron chi connectivity index (χ1n) is 9.04. The zero-order valence-electron chi connectivity index (χ0n) is 15.9. The van der Waals surface area contributed by atoms with Gasteiger partial charge in [-0.2, -0.15) is 0 Å². The van der Waals surface area contributed by atoms with E-state index in [4.69, 9.17) is 4.74 Å². The number of amidine groups is 1. The molecule has 0 aliphatic carbocycles. The summed E-state index contributed by atoms with van der Waals surface area (Å²) in [6, 6.07) is 9.10. The van der Waals surface area contributed by atoms with Crippen LogP contribution in [0.25, 0.3) is 0 Å². The van der Waals surface area contributed by atoms with Gasteiger partial charge < -0.3 is 4.74 Å². The van der Waals surface area contributed by atoms with E-state index in [0.29, 0.717) is 5.56 Å². The fourth-order valence-corrected chi connectivity index (χ4v) is 4.11. The third-order valence-electron chi connectivity index (χ3n) is 4.35. The number of benzene rings is 2. The molecule has 0 fully saturated rings. The molecule has 10 heteroatoms. The largest absolute Gasteiger partial charge is 0.454 e. The number of fused-ring (bicyclic) bond motifs is 1. The van der Waals surface area contributed by atoms with Crippen LogP contribution >= 0.6 is 0 Å². The van der Waals surface area contributed by atoms with Crippen molar-refractivity contribution < 1.29 is 31.5 Å². The number of aliphatic imine (C=N–C) groups is 1. The molecular formula is C20H18F2N2O5S. The van der Waals surface area contributed by atoms with Gasteiger partial charge in [-0.05, 0) is 43.7 Å². The number of ether oxygens (including phenoxy) is 1. The van der Waals surface area contributed by atoms with Crippen LogP contribution in [0.1, 0.15) is 35.7 Å². The first kappa shape index (κ1) is 21.6. The van der Waals surface area contributed by atoms with Gasteiger partial charge >= 0.3 is 5.97 Å². The van der Waals surface area contributed by atoms with Crippen molar-refractivity contribution in [3.63, 3.8) is 0 Å². The van der Waals surface area contributed by atoms with E-state index in [9.17, 15) is 26.8 Å². The van der Waals surface area contributed by atoms with Crippen LogP contribution < -0.4 is 4.72 Å². The van der Waals surface area contributed by atoms with Crippen molar-refractivity contribution in [3.05, 3.63) is 65.2 Å². The van der Waals surface area contributed by atoms with Crippen LogP contribution in [0.15, 0.2) is 52.4 Å². The van der Waals surface area contributed by atoms with Crippen molar-refractivity contribution in [3.8, 4) is 0 Å². The van der Waals surface area contributed by atoms with Crippen molar-refractivity contribution in [1.82, 2.24) is 4.72 Å². The van der Waals surface area contributed by atoms with E-state index in [1.807, 2.05) is 0 Å². The highest BCUT2D eigenvalue weighted by Crippen LogP contribution is 2.22. The second kappa shape index (κ2) is 8.70. The Balaban J connectivity index is 1.51. The number of Topliss-reactive ketones (excluding diaryl/α,β-unsaturated/α-hetero) is 1. The van der Waals surface area contributed by atoms with Gasteiger partial charge in [-0.1, -0.05) is 12.1 Å². The van der Waals surface area contributed by atoms with E-state index in [-0.39, 0.29) is 35.7 Å². The average molecular weight is 436 g/mol. The number of nitrogens with one attached hydrogen (secondary N) is 1. The fraction of sp³-hybridized carbons (Fsp3) is 0.250. The molecule has 1 unspecified atom stereocenters. The summed E-state index contributed by atoms with van der Waals surface area (Å²) in [7, 11) is -3.63. The first-order chi connectivity index (χ1) is 14.2. The first-order valence-corrected chi connectivity index (χ1v) is 10.5. The lowest BCUT2D eigenvalue weighted by atomic mass is 10.1. The summed E-state index contributed by atoms with van der Waals surface area (Å²) in [5, 5.41) is 0. The number of carbonyl (C=O) groups is 2. The van der Waals surface area contributed by atoms with E-state index in [0.717, 1.165) is 18.2 Å². The Morgan fingerprint density at radius 3 is 2.60 bits per heavy atom. The molecule has 1 atom stereocenters. The zero-order chi connectivity index (χ0) is 21.9. The van der Waals surface area contributed by atoms with E-state index in [2.05, 4.69) is 9.71 Å². The van der Waals surface area contributed by atoms with Gasteiger partial charge in [0.05, 0.1) is 4.90 Å². The summed E-state index contributed by atoms with van der Waals surface area (Å²) in [6.45, 7) is 1.50. The lowest BCUT2D eigenvalue weighted by Gasteiger charge is -2.12. The minimum atomic E-state index is -3.63. The number of nitrogens with zero attached hydrogens (tertiary/aromatic N) is 1.